The van der Waals surface area contributed by atoms with E-state index in [0.29, 0.717) is 0 Å². The monoisotopic (exact) mass is 192 g/mol. The molecule has 1 aromatic carbocycles. The number of hydrogen-bond donors (Lipinski definition) is 1. The van der Waals surface area contributed by atoms with Gasteiger partial charge >= 0.3 is 0 Å². The van der Waals surface area contributed by atoms with Crippen LogP contribution in [0.2, 0.25) is 0 Å². The maximum absolute atomic E-state index is 5.93. The van der Waals surface area contributed by atoms with Crippen molar-refractivity contribution in [2.75, 3.05) is 6.54 Å². The maximum Gasteiger partial charge on any atom is 0.0267 e. The molecule has 0 aliphatic heterocycles. The summed E-state index contributed by atoms with van der Waals surface area (Å²) in [4.78, 5) is 0. The predicted molar refractivity (Wildman–Crippen MR) is 60.8 cm³/mol. The molecule has 1 aromatic rings. The zero-order valence-corrected chi connectivity index (χ0v) is 9.33. The molecule has 0 unspecified atom stereocenters. The normalized spacial score (nSPS) is 12.1. The second kappa shape index (κ2) is 4.58. The second-order valence-electron chi connectivity index (χ2n) is 4.60. The Labute approximate surface area is 86.7 Å². The van der Waals surface area contributed by atoms with Gasteiger partial charge in [-0.1, -0.05) is 30.3 Å². The van der Waals surface area contributed by atoms with Crippen LogP contribution in [0.25, 0.3) is 0 Å². The summed E-state index contributed by atoms with van der Waals surface area (Å²) in [6, 6.07) is 10.4. The average Bonchev–Trinajstić information content (AvgIpc) is 2.14. The van der Waals surface area contributed by atoms with Crippen molar-refractivity contribution >= 4 is 0 Å². The number of hydrazine groups is 1. The highest BCUT2D eigenvalue weighted by molar-refractivity contribution is 5.14. The van der Waals surface area contributed by atoms with E-state index in [-0.39, 0.29) is 5.54 Å². The molecule has 0 spiro atoms. The van der Waals surface area contributed by atoms with E-state index in [4.69, 9.17) is 5.84 Å². The molecule has 2 N–H and O–H groups in total. The molecule has 0 bridgehead atoms. The van der Waals surface area contributed by atoms with Gasteiger partial charge in [-0.05, 0) is 32.8 Å². The van der Waals surface area contributed by atoms with Crippen LogP contribution in [0.3, 0.4) is 0 Å². The van der Waals surface area contributed by atoms with E-state index >= 15 is 0 Å². The van der Waals surface area contributed by atoms with Crippen molar-refractivity contribution in [3.63, 3.8) is 0 Å². The lowest BCUT2D eigenvalue weighted by Crippen LogP contribution is -2.47. The molecule has 0 amide bonds. The van der Waals surface area contributed by atoms with Gasteiger partial charge in [-0.15, -0.1) is 0 Å². The minimum atomic E-state index is 0.0504. The Hall–Kier alpha value is -0.860. The maximum atomic E-state index is 5.93. The number of nitrogens with two attached hydrogens (primary N) is 1. The summed E-state index contributed by atoms with van der Waals surface area (Å²) in [6.07, 6.45) is 1.01. The van der Waals surface area contributed by atoms with Crippen molar-refractivity contribution in [3.8, 4) is 0 Å². The highest BCUT2D eigenvalue weighted by Gasteiger charge is 2.16. The van der Waals surface area contributed by atoms with Crippen molar-refractivity contribution in [2.24, 2.45) is 5.84 Å². The summed E-state index contributed by atoms with van der Waals surface area (Å²) in [6.45, 7) is 7.27. The van der Waals surface area contributed by atoms with Crippen LogP contribution in [-0.2, 0) is 6.42 Å². The average molecular weight is 192 g/mol. The number of benzene rings is 1. The van der Waals surface area contributed by atoms with Crippen molar-refractivity contribution in [1.29, 1.82) is 0 Å². The first-order valence-corrected chi connectivity index (χ1v) is 5.06. The summed E-state index contributed by atoms with van der Waals surface area (Å²) < 4.78 is 0. The van der Waals surface area contributed by atoms with Gasteiger partial charge in [-0.25, -0.2) is 5.01 Å². The molecule has 0 atom stereocenters. The third-order valence-electron chi connectivity index (χ3n) is 2.35. The fourth-order valence-corrected chi connectivity index (χ4v) is 1.23. The number of nitrogens with zero attached hydrogens (tertiary/aromatic N) is 1. The summed E-state index contributed by atoms with van der Waals surface area (Å²) >= 11 is 0. The van der Waals surface area contributed by atoms with Gasteiger partial charge in [0.1, 0.15) is 0 Å². The van der Waals surface area contributed by atoms with Gasteiger partial charge in [0.15, 0.2) is 0 Å². The molecule has 0 aliphatic carbocycles. The first-order valence-electron chi connectivity index (χ1n) is 5.06. The first-order chi connectivity index (χ1) is 6.50. The molecule has 0 radical (unpaired) electrons. The zero-order valence-electron chi connectivity index (χ0n) is 9.33. The van der Waals surface area contributed by atoms with Crippen molar-refractivity contribution in [3.05, 3.63) is 35.9 Å². The molecule has 0 fully saturated rings. The Morgan fingerprint density at radius 3 is 2.21 bits per heavy atom. The molecule has 0 aliphatic rings. The third kappa shape index (κ3) is 3.48. The van der Waals surface area contributed by atoms with E-state index in [1.165, 1.54) is 5.56 Å². The van der Waals surface area contributed by atoms with Crippen LogP contribution in [0.1, 0.15) is 26.3 Å². The van der Waals surface area contributed by atoms with E-state index in [2.05, 4.69) is 45.0 Å². The standard InChI is InChI=1S/C12H20N2/c1-12(2,3)14(13)10-9-11-7-5-4-6-8-11/h4-8H,9-10,13H2,1-3H3. The van der Waals surface area contributed by atoms with Gasteiger partial charge < -0.3 is 0 Å². The smallest absolute Gasteiger partial charge is 0.0267 e. The SMILES string of the molecule is CC(C)(C)N(N)CCc1ccccc1. The van der Waals surface area contributed by atoms with Crippen LogP contribution < -0.4 is 5.84 Å². The molecule has 0 saturated carbocycles. The molecule has 78 valence electrons. The first kappa shape index (κ1) is 11.2. The minimum absolute atomic E-state index is 0.0504. The van der Waals surface area contributed by atoms with E-state index in [9.17, 15) is 0 Å². The molecular formula is C12H20N2. The largest absolute Gasteiger partial charge is 0.268 e. The number of rotatable bonds is 3. The van der Waals surface area contributed by atoms with Gasteiger partial charge in [-0.3, -0.25) is 5.84 Å². The van der Waals surface area contributed by atoms with Gasteiger partial charge in [0.05, 0.1) is 0 Å². The lowest BCUT2D eigenvalue weighted by Gasteiger charge is -2.31. The van der Waals surface area contributed by atoms with Gasteiger partial charge in [0.25, 0.3) is 0 Å². The van der Waals surface area contributed by atoms with Gasteiger partial charge in [0.2, 0.25) is 0 Å². The quantitative estimate of drug-likeness (QED) is 0.587. The summed E-state index contributed by atoms with van der Waals surface area (Å²) in [5.74, 6) is 5.93. The molecule has 14 heavy (non-hydrogen) atoms. The minimum Gasteiger partial charge on any atom is -0.268 e. The lowest BCUT2D eigenvalue weighted by molar-refractivity contribution is 0.140. The summed E-state index contributed by atoms with van der Waals surface area (Å²) in [5.41, 5.74) is 1.39. The molecule has 1 rings (SSSR count). The van der Waals surface area contributed by atoms with Crippen LogP contribution in [0.5, 0.6) is 0 Å². The van der Waals surface area contributed by atoms with Crippen LogP contribution in [0.4, 0.5) is 0 Å². The number of hydrogen-bond acceptors (Lipinski definition) is 2. The Morgan fingerprint density at radius 1 is 1.14 bits per heavy atom. The predicted octanol–water partition coefficient (Wildman–Crippen LogP) is 2.20. The van der Waals surface area contributed by atoms with Crippen LogP contribution in [0, 0.1) is 0 Å². The van der Waals surface area contributed by atoms with Crippen molar-refractivity contribution in [2.45, 2.75) is 32.7 Å². The highest BCUT2D eigenvalue weighted by atomic mass is 15.4. The molecular weight excluding hydrogens is 172 g/mol. The Bertz CT molecular complexity index is 261. The molecule has 0 aromatic heterocycles. The van der Waals surface area contributed by atoms with E-state index < -0.39 is 0 Å². The van der Waals surface area contributed by atoms with Crippen LogP contribution in [0.15, 0.2) is 30.3 Å². The van der Waals surface area contributed by atoms with Crippen LogP contribution >= 0.6 is 0 Å². The van der Waals surface area contributed by atoms with Gasteiger partial charge in [-0.2, -0.15) is 0 Å². The summed E-state index contributed by atoms with van der Waals surface area (Å²) in [7, 11) is 0. The fraction of sp³-hybridized carbons (Fsp3) is 0.500. The van der Waals surface area contributed by atoms with E-state index in [1.54, 1.807) is 0 Å². The molecule has 0 heterocycles. The Kier molecular flexibility index (Phi) is 3.67. The Balaban J connectivity index is 2.42. The van der Waals surface area contributed by atoms with Crippen LogP contribution in [-0.4, -0.2) is 17.1 Å². The molecule has 2 nitrogen and oxygen atoms in total. The third-order valence-corrected chi connectivity index (χ3v) is 2.35. The second-order valence-corrected chi connectivity index (χ2v) is 4.60. The summed E-state index contributed by atoms with van der Waals surface area (Å²) in [5, 5.41) is 1.89. The van der Waals surface area contributed by atoms with E-state index in [0.717, 1.165) is 13.0 Å². The lowest BCUT2D eigenvalue weighted by atomic mass is 10.1. The fourth-order valence-electron chi connectivity index (χ4n) is 1.23. The van der Waals surface area contributed by atoms with Gasteiger partial charge in [0, 0.05) is 12.1 Å². The van der Waals surface area contributed by atoms with Crippen molar-refractivity contribution in [1.82, 2.24) is 5.01 Å². The molecule has 0 saturated heterocycles. The van der Waals surface area contributed by atoms with Crippen molar-refractivity contribution < 1.29 is 0 Å². The Morgan fingerprint density at radius 2 is 1.71 bits per heavy atom. The highest BCUT2D eigenvalue weighted by Crippen LogP contribution is 2.09. The van der Waals surface area contributed by atoms with E-state index in [1.807, 2.05) is 11.1 Å². The zero-order chi connectivity index (χ0) is 10.6. The topological polar surface area (TPSA) is 29.3 Å². The molecule has 2 heteroatoms.